The molecule has 3 aromatic rings. The van der Waals surface area contributed by atoms with Crippen LogP contribution in [0.3, 0.4) is 0 Å². The van der Waals surface area contributed by atoms with Gasteiger partial charge in [0, 0.05) is 22.7 Å². The first-order valence-corrected chi connectivity index (χ1v) is 10.6. The topological polar surface area (TPSA) is 109 Å². The molecular formula is C22H17ClN2O6S. The predicted molar refractivity (Wildman–Crippen MR) is 121 cm³/mol. The van der Waals surface area contributed by atoms with Crippen LogP contribution in [0.15, 0.2) is 53.3 Å². The summed E-state index contributed by atoms with van der Waals surface area (Å²) in [5.41, 5.74) is 0.394. The van der Waals surface area contributed by atoms with Crippen molar-refractivity contribution in [2.45, 2.75) is 13.5 Å². The molecule has 2 aromatic carbocycles. The zero-order chi connectivity index (χ0) is 23.3. The van der Waals surface area contributed by atoms with E-state index in [0.29, 0.717) is 16.1 Å². The fourth-order valence-electron chi connectivity index (χ4n) is 2.79. The average molecular weight is 473 g/mol. The lowest BCUT2D eigenvalue weighted by Gasteiger charge is -2.03. The van der Waals surface area contributed by atoms with E-state index in [2.05, 4.69) is 0 Å². The van der Waals surface area contributed by atoms with Gasteiger partial charge in [-0.3, -0.25) is 24.3 Å². The van der Waals surface area contributed by atoms with Crippen LogP contribution in [0.25, 0.3) is 12.2 Å². The van der Waals surface area contributed by atoms with Crippen molar-refractivity contribution in [2.75, 3.05) is 6.61 Å². The first kappa shape index (κ1) is 23.1. The number of ketones is 1. The SMILES string of the molecule is CCOC(=O)/C=c1/s/c(=C\c2ccc([N+](=O)[O-])cc2)c(=O)n1CC(=O)c1ccc(Cl)cc1. The fourth-order valence-corrected chi connectivity index (χ4v) is 3.95. The number of thiazole rings is 1. The van der Waals surface area contributed by atoms with Crippen LogP contribution < -0.4 is 14.8 Å². The van der Waals surface area contributed by atoms with Crippen molar-refractivity contribution in [3.63, 3.8) is 0 Å². The van der Waals surface area contributed by atoms with Gasteiger partial charge in [0.15, 0.2) is 5.78 Å². The molecule has 0 bridgehead atoms. The smallest absolute Gasteiger partial charge is 0.333 e. The summed E-state index contributed by atoms with van der Waals surface area (Å²) in [7, 11) is 0. The van der Waals surface area contributed by atoms with Gasteiger partial charge in [-0.15, -0.1) is 11.3 Å². The Bertz CT molecular complexity index is 1340. The van der Waals surface area contributed by atoms with Crippen molar-refractivity contribution in [3.05, 3.63) is 94.3 Å². The summed E-state index contributed by atoms with van der Waals surface area (Å²) >= 11 is 6.88. The molecule has 0 atom stereocenters. The number of hydrogen-bond donors (Lipinski definition) is 0. The van der Waals surface area contributed by atoms with Gasteiger partial charge < -0.3 is 4.74 Å². The van der Waals surface area contributed by atoms with Crippen molar-refractivity contribution >= 4 is 52.5 Å². The number of nitro benzene ring substituents is 1. The Morgan fingerprint density at radius 1 is 1.16 bits per heavy atom. The maximum atomic E-state index is 13.0. The highest BCUT2D eigenvalue weighted by Gasteiger charge is 2.13. The van der Waals surface area contributed by atoms with Crippen molar-refractivity contribution in [3.8, 4) is 0 Å². The summed E-state index contributed by atoms with van der Waals surface area (Å²) in [5.74, 6) is -0.967. The highest BCUT2D eigenvalue weighted by Crippen LogP contribution is 2.12. The molecule has 0 aliphatic heterocycles. The minimum atomic E-state index is -0.636. The fraction of sp³-hybridized carbons (Fsp3) is 0.136. The van der Waals surface area contributed by atoms with Gasteiger partial charge >= 0.3 is 5.97 Å². The van der Waals surface area contributed by atoms with E-state index in [4.69, 9.17) is 16.3 Å². The largest absolute Gasteiger partial charge is 0.463 e. The molecule has 0 radical (unpaired) electrons. The second-order valence-electron chi connectivity index (χ2n) is 6.52. The Kier molecular flexibility index (Phi) is 7.34. The third-order valence-corrected chi connectivity index (χ3v) is 5.65. The molecular weight excluding hydrogens is 456 g/mol. The minimum absolute atomic E-state index is 0.0735. The number of carbonyl (C=O) groups excluding carboxylic acids is 2. The van der Waals surface area contributed by atoms with E-state index in [-0.39, 0.29) is 33.8 Å². The van der Waals surface area contributed by atoms with Crippen molar-refractivity contribution < 1.29 is 19.2 Å². The number of halogens is 1. The lowest BCUT2D eigenvalue weighted by atomic mass is 10.1. The zero-order valence-electron chi connectivity index (χ0n) is 16.8. The van der Waals surface area contributed by atoms with Crippen molar-refractivity contribution in [1.29, 1.82) is 0 Å². The number of esters is 1. The molecule has 1 aromatic heterocycles. The lowest BCUT2D eigenvalue weighted by molar-refractivity contribution is -0.384. The number of carbonyl (C=O) groups is 2. The number of non-ortho nitro benzene ring substituents is 1. The summed E-state index contributed by atoms with van der Waals surface area (Å²) in [6.07, 6.45) is 2.71. The molecule has 0 saturated carbocycles. The van der Waals surface area contributed by atoms with Gasteiger partial charge in [0.2, 0.25) is 0 Å². The van der Waals surface area contributed by atoms with Crippen LogP contribution in [0, 0.1) is 10.1 Å². The first-order chi connectivity index (χ1) is 15.3. The van der Waals surface area contributed by atoms with E-state index in [1.165, 1.54) is 28.8 Å². The highest BCUT2D eigenvalue weighted by molar-refractivity contribution is 7.07. The van der Waals surface area contributed by atoms with Crippen molar-refractivity contribution in [1.82, 2.24) is 4.57 Å². The Morgan fingerprint density at radius 2 is 1.81 bits per heavy atom. The number of nitrogens with zero attached hydrogens (tertiary/aromatic N) is 2. The summed E-state index contributed by atoms with van der Waals surface area (Å²) in [4.78, 5) is 48.0. The van der Waals surface area contributed by atoms with Crippen LogP contribution in [-0.2, 0) is 16.1 Å². The van der Waals surface area contributed by atoms with Gasteiger partial charge in [-0.25, -0.2) is 4.79 Å². The van der Waals surface area contributed by atoms with Gasteiger partial charge in [0.05, 0.1) is 28.7 Å². The number of rotatable bonds is 7. The number of Topliss-reactive ketones (excluding diaryl/α,β-unsaturated/α-hetero) is 1. The molecule has 0 aliphatic rings. The van der Waals surface area contributed by atoms with Gasteiger partial charge in [-0.1, -0.05) is 11.6 Å². The van der Waals surface area contributed by atoms with E-state index in [1.54, 1.807) is 37.3 Å². The van der Waals surface area contributed by atoms with Crippen LogP contribution in [-0.4, -0.2) is 27.8 Å². The lowest BCUT2D eigenvalue weighted by Crippen LogP contribution is -2.34. The van der Waals surface area contributed by atoms with Crippen LogP contribution in [0.2, 0.25) is 5.02 Å². The second-order valence-corrected chi connectivity index (χ2v) is 8.01. The molecule has 10 heteroatoms. The summed E-state index contributed by atoms with van der Waals surface area (Å²) in [6, 6.07) is 11.9. The van der Waals surface area contributed by atoms with Crippen LogP contribution in [0.4, 0.5) is 5.69 Å². The molecule has 0 saturated heterocycles. The molecule has 0 N–H and O–H groups in total. The van der Waals surface area contributed by atoms with E-state index >= 15 is 0 Å². The number of ether oxygens (including phenoxy) is 1. The van der Waals surface area contributed by atoms with Crippen LogP contribution >= 0.6 is 22.9 Å². The number of benzene rings is 2. The first-order valence-electron chi connectivity index (χ1n) is 9.41. The molecule has 3 rings (SSSR count). The molecule has 0 aliphatic carbocycles. The molecule has 1 heterocycles. The molecule has 164 valence electrons. The zero-order valence-corrected chi connectivity index (χ0v) is 18.4. The third kappa shape index (κ3) is 5.57. The maximum absolute atomic E-state index is 13.0. The average Bonchev–Trinajstić information content (AvgIpc) is 3.03. The Morgan fingerprint density at radius 3 is 2.41 bits per heavy atom. The molecule has 32 heavy (non-hydrogen) atoms. The van der Waals surface area contributed by atoms with Gasteiger partial charge in [-0.2, -0.15) is 0 Å². The van der Waals surface area contributed by atoms with Crippen LogP contribution in [0.1, 0.15) is 22.8 Å². The summed E-state index contributed by atoms with van der Waals surface area (Å²) < 4.78 is 6.65. The predicted octanol–water partition coefficient (Wildman–Crippen LogP) is 2.53. The summed E-state index contributed by atoms with van der Waals surface area (Å²) in [5, 5.41) is 11.3. The normalized spacial score (nSPS) is 12.1. The van der Waals surface area contributed by atoms with Crippen LogP contribution in [0.5, 0.6) is 0 Å². The molecule has 0 amide bonds. The molecule has 0 unspecified atom stereocenters. The number of hydrogen-bond acceptors (Lipinski definition) is 7. The van der Waals surface area contributed by atoms with Gasteiger partial charge in [0.25, 0.3) is 11.2 Å². The number of nitro groups is 1. The Labute approximate surface area is 190 Å². The Balaban J connectivity index is 2.06. The second kappa shape index (κ2) is 10.2. The standard InChI is InChI=1S/C22H17ClN2O6S/c1-2-31-21(27)12-20-24(13-18(26)15-5-7-16(23)8-6-15)22(28)19(32-20)11-14-3-9-17(10-4-14)25(29)30/h3-12H,2,13H2,1H3/b19-11-,20-12+. The van der Waals surface area contributed by atoms with E-state index in [0.717, 1.165) is 17.4 Å². The highest BCUT2D eigenvalue weighted by atomic mass is 35.5. The van der Waals surface area contributed by atoms with Gasteiger partial charge in [-0.05, 0) is 55.0 Å². The van der Waals surface area contributed by atoms with E-state index < -0.39 is 16.5 Å². The molecule has 0 fully saturated rings. The quantitative estimate of drug-likeness (QED) is 0.226. The Hall–Kier alpha value is -3.56. The van der Waals surface area contributed by atoms with Gasteiger partial charge in [0.1, 0.15) is 4.66 Å². The third-order valence-electron chi connectivity index (χ3n) is 4.33. The van der Waals surface area contributed by atoms with E-state index in [9.17, 15) is 24.5 Å². The minimum Gasteiger partial charge on any atom is -0.463 e. The van der Waals surface area contributed by atoms with Crippen molar-refractivity contribution in [2.24, 2.45) is 0 Å². The molecule has 0 spiro atoms. The van der Waals surface area contributed by atoms with E-state index in [1.807, 2.05) is 0 Å². The number of aromatic nitrogens is 1. The summed E-state index contributed by atoms with van der Waals surface area (Å²) in [6.45, 7) is 1.54. The maximum Gasteiger partial charge on any atom is 0.333 e. The monoisotopic (exact) mass is 472 g/mol. The molecule has 8 nitrogen and oxygen atoms in total.